The number of hydrazine groups is 1. The molecule has 0 aromatic rings. The Balaban J connectivity index is 2.00. The van der Waals surface area contributed by atoms with Crippen molar-refractivity contribution >= 4 is 11.8 Å². The summed E-state index contributed by atoms with van der Waals surface area (Å²) in [6.45, 7) is 0.235. The lowest BCUT2D eigenvalue weighted by molar-refractivity contribution is -0.219. The van der Waals surface area contributed by atoms with E-state index in [4.69, 9.17) is 0 Å². The van der Waals surface area contributed by atoms with Crippen molar-refractivity contribution in [3.63, 3.8) is 0 Å². The highest BCUT2D eigenvalue weighted by atomic mass is 19.3. The predicted octanol–water partition coefficient (Wildman–Crippen LogP) is 0.580. The normalized spacial score (nSPS) is 23.5. The average molecular weight is 262 g/mol. The molecule has 0 unspecified atom stereocenters. The summed E-state index contributed by atoms with van der Waals surface area (Å²) in [6.07, 6.45) is 1.90. The van der Waals surface area contributed by atoms with Gasteiger partial charge in [0.1, 0.15) is 5.60 Å². The van der Waals surface area contributed by atoms with Crippen LogP contribution >= 0.6 is 0 Å². The molecule has 7 heteroatoms. The van der Waals surface area contributed by atoms with E-state index in [9.17, 15) is 23.5 Å². The SMILES string of the molecule is O=C1CCCCN1NC(=O)C(F)(F)C1(O)CCC1. The van der Waals surface area contributed by atoms with Crippen LogP contribution in [-0.2, 0) is 9.59 Å². The summed E-state index contributed by atoms with van der Waals surface area (Å²) in [6, 6.07) is 0. The highest BCUT2D eigenvalue weighted by Crippen LogP contribution is 2.44. The first-order valence-corrected chi connectivity index (χ1v) is 6.08. The molecule has 1 aliphatic heterocycles. The Hall–Kier alpha value is -1.24. The zero-order valence-corrected chi connectivity index (χ0v) is 9.92. The van der Waals surface area contributed by atoms with E-state index in [0.717, 1.165) is 5.01 Å². The molecule has 2 fully saturated rings. The van der Waals surface area contributed by atoms with Gasteiger partial charge in [-0.1, -0.05) is 0 Å². The van der Waals surface area contributed by atoms with Crippen molar-refractivity contribution in [3.05, 3.63) is 0 Å². The van der Waals surface area contributed by atoms with Gasteiger partial charge in [-0.2, -0.15) is 8.78 Å². The largest absolute Gasteiger partial charge is 0.383 e. The monoisotopic (exact) mass is 262 g/mol. The standard InChI is InChI=1S/C11H16F2N2O3/c12-11(13,10(18)5-3-6-10)9(17)14-15-7-2-1-4-8(15)16/h18H,1-7H2,(H,14,17). The van der Waals surface area contributed by atoms with Crippen LogP contribution in [0.4, 0.5) is 8.78 Å². The summed E-state index contributed by atoms with van der Waals surface area (Å²) in [5.41, 5.74) is -0.336. The van der Waals surface area contributed by atoms with Gasteiger partial charge in [-0.25, -0.2) is 0 Å². The van der Waals surface area contributed by atoms with Gasteiger partial charge in [0.15, 0.2) is 0 Å². The number of nitrogens with zero attached hydrogens (tertiary/aromatic N) is 1. The highest BCUT2D eigenvalue weighted by Gasteiger charge is 2.61. The minimum Gasteiger partial charge on any atom is -0.383 e. The molecule has 0 atom stereocenters. The summed E-state index contributed by atoms with van der Waals surface area (Å²) in [5, 5.41) is 10.5. The van der Waals surface area contributed by atoms with E-state index < -0.39 is 17.4 Å². The van der Waals surface area contributed by atoms with Crippen molar-refractivity contribution in [1.29, 1.82) is 0 Å². The van der Waals surface area contributed by atoms with Gasteiger partial charge < -0.3 is 5.11 Å². The topological polar surface area (TPSA) is 69.6 Å². The molecule has 1 saturated heterocycles. The molecule has 1 heterocycles. The summed E-state index contributed by atoms with van der Waals surface area (Å²) in [4.78, 5) is 22.9. The maximum atomic E-state index is 13.7. The molecular weight excluding hydrogens is 246 g/mol. The average Bonchev–Trinajstić information content (AvgIpc) is 2.28. The summed E-state index contributed by atoms with van der Waals surface area (Å²) in [7, 11) is 0. The summed E-state index contributed by atoms with van der Waals surface area (Å²) >= 11 is 0. The van der Waals surface area contributed by atoms with Crippen LogP contribution in [0.15, 0.2) is 0 Å². The molecule has 1 aliphatic carbocycles. The van der Waals surface area contributed by atoms with Crippen LogP contribution in [-0.4, -0.2) is 40.0 Å². The first-order chi connectivity index (χ1) is 8.37. The van der Waals surface area contributed by atoms with Gasteiger partial charge in [0.25, 0.3) is 0 Å². The molecule has 0 spiro atoms. The van der Waals surface area contributed by atoms with E-state index in [1.165, 1.54) is 0 Å². The van der Waals surface area contributed by atoms with Crippen LogP contribution in [0.5, 0.6) is 0 Å². The van der Waals surface area contributed by atoms with Crippen molar-refractivity contribution in [3.8, 4) is 0 Å². The van der Waals surface area contributed by atoms with Crippen molar-refractivity contribution in [2.24, 2.45) is 0 Å². The van der Waals surface area contributed by atoms with Gasteiger partial charge >= 0.3 is 11.8 Å². The number of aliphatic hydroxyl groups is 1. The number of rotatable bonds is 3. The number of amides is 2. The molecule has 0 aromatic carbocycles. The zero-order chi connectivity index (χ0) is 13.4. The second-order valence-electron chi connectivity index (χ2n) is 4.90. The maximum Gasteiger partial charge on any atom is 0.354 e. The Morgan fingerprint density at radius 3 is 2.50 bits per heavy atom. The Kier molecular flexibility index (Phi) is 3.27. The van der Waals surface area contributed by atoms with Crippen molar-refractivity contribution in [1.82, 2.24) is 10.4 Å². The highest BCUT2D eigenvalue weighted by molar-refractivity contribution is 5.87. The van der Waals surface area contributed by atoms with Crippen molar-refractivity contribution in [2.45, 2.75) is 50.0 Å². The van der Waals surface area contributed by atoms with E-state index in [1.54, 1.807) is 0 Å². The minimum absolute atomic E-state index is 0.0959. The summed E-state index contributed by atoms with van der Waals surface area (Å²) in [5.74, 6) is -5.82. The number of carbonyl (C=O) groups is 2. The Labute approximate surface area is 103 Å². The number of nitrogens with one attached hydrogen (secondary N) is 1. The third-order valence-electron chi connectivity index (χ3n) is 3.61. The van der Waals surface area contributed by atoms with Gasteiger partial charge in [-0.05, 0) is 32.1 Å². The van der Waals surface area contributed by atoms with Crippen LogP contribution in [0.3, 0.4) is 0 Å². The molecule has 5 nitrogen and oxygen atoms in total. The number of alkyl halides is 2. The Bertz CT molecular complexity index is 369. The molecule has 2 aliphatic rings. The minimum atomic E-state index is -3.86. The fourth-order valence-electron chi connectivity index (χ4n) is 2.15. The van der Waals surface area contributed by atoms with Gasteiger partial charge in [-0.3, -0.25) is 20.0 Å². The van der Waals surface area contributed by atoms with Crippen LogP contribution in [0.1, 0.15) is 38.5 Å². The molecule has 2 amide bonds. The number of hydrogen-bond donors (Lipinski definition) is 2. The number of halogens is 2. The fourth-order valence-corrected chi connectivity index (χ4v) is 2.15. The third kappa shape index (κ3) is 2.07. The molecule has 0 bridgehead atoms. The van der Waals surface area contributed by atoms with Crippen LogP contribution in [0.2, 0.25) is 0 Å². The second kappa shape index (κ2) is 4.46. The molecule has 2 N–H and O–H groups in total. The van der Waals surface area contributed by atoms with E-state index in [-0.39, 0.29) is 31.7 Å². The van der Waals surface area contributed by atoms with Gasteiger partial charge in [0.05, 0.1) is 0 Å². The maximum absolute atomic E-state index is 13.7. The Morgan fingerprint density at radius 1 is 1.33 bits per heavy atom. The fraction of sp³-hybridized carbons (Fsp3) is 0.818. The molecule has 0 aromatic heterocycles. The van der Waals surface area contributed by atoms with E-state index in [2.05, 4.69) is 0 Å². The lowest BCUT2D eigenvalue weighted by Crippen LogP contribution is -2.63. The third-order valence-corrected chi connectivity index (χ3v) is 3.61. The van der Waals surface area contributed by atoms with Gasteiger partial charge in [0.2, 0.25) is 5.91 Å². The van der Waals surface area contributed by atoms with Gasteiger partial charge in [0, 0.05) is 13.0 Å². The smallest absolute Gasteiger partial charge is 0.354 e. The molecule has 18 heavy (non-hydrogen) atoms. The quantitative estimate of drug-likeness (QED) is 0.781. The molecule has 0 radical (unpaired) electrons. The van der Waals surface area contributed by atoms with E-state index >= 15 is 0 Å². The number of carbonyl (C=O) groups excluding carboxylic acids is 2. The molecule has 2 rings (SSSR count). The van der Waals surface area contributed by atoms with E-state index in [1.807, 2.05) is 5.43 Å². The van der Waals surface area contributed by atoms with Crippen LogP contribution in [0.25, 0.3) is 0 Å². The predicted molar refractivity (Wildman–Crippen MR) is 57.5 cm³/mol. The van der Waals surface area contributed by atoms with Gasteiger partial charge in [-0.15, -0.1) is 0 Å². The second-order valence-corrected chi connectivity index (χ2v) is 4.90. The molecular formula is C11H16F2N2O3. The van der Waals surface area contributed by atoms with E-state index in [0.29, 0.717) is 19.3 Å². The first kappa shape index (κ1) is 13.2. The molecule has 102 valence electrons. The van der Waals surface area contributed by atoms with Crippen LogP contribution < -0.4 is 5.43 Å². The van der Waals surface area contributed by atoms with Crippen molar-refractivity contribution in [2.75, 3.05) is 6.54 Å². The van der Waals surface area contributed by atoms with Crippen molar-refractivity contribution < 1.29 is 23.5 Å². The zero-order valence-electron chi connectivity index (χ0n) is 9.92. The number of hydrogen-bond acceptors (Lipinski definition) is 3. The lowest BCUT2D eigenvalue weighted by atomic mass is 9.75. The lowest BCUT2D eigenvalue weighted by Gasteiger charge is -2.42. The molecule has 1 saturated carbocycles. The van der Waals surface area contributed by atoms with Crippen LogP contribution in [0, 0.1) is 0 Å². The first-order valence-electron chi connectivity index (χ1n) is 6.08. The Morgan fingerprint density at radius 2 is 2.00 bits per heavy atom. The number of piperidine rings is 1. The summed E-state index contributed by atoms with van der Waals surface area (Å²) < 4.78 is 27.5.